The lowest BCUT2D eigenvalue weighted by atomic mass is 9.90. The normalized spacial score (nSPS) is 23.7. The Kier molecular flexibility index (Phi) is 5.80. The van der Waals surface area contributed by atoms with Crippen LogP contribution >= 0.6 is 0 Å². The molecule has 106 valence electrons. The van der Waals surface area contributed by atoms with Crippen LogP contribution < -0.4 is 5.32 Å². The molecule has 2 unspecified atom stereocenters. The van der Waals surface area contributed by atoms with Crippen LogP contribution in [0.1, 0.15) is 38.3 Å². The van der Waals surface area contributed by atoms with Crippen LogP contribution in [0.4, 0.5) is 0 Å². The number of pyridine rings is 1. The summed E-state index contributed by atoms with van der Waals surface area (Å²) in [7, 11) is 2.27. The van der Waals surface area contributed by atoms with E-state index in [-0.39, 0.29) is 0 Å². The predicted molar refractivity (Wildman–Crippen MR) is 80.3 cm³/mol. The third-order valence-electron chi connectivity index (χ3n) is 4.21. The van der Waals surface area contributed by atoms with E-state index >= 15 is 0 Å². The fraction of sp³-hybridized carbons (Fsp3) is 0.688. The van der Waals surface area contributed by atoms with Crippen LogP contribution in [0.25, 0.3) is 0 Å². The Morgan fingerprint density at radius 3 is 3.00 bits per heavy atom. The average Bonchev–Trinajstić information content (AvgIpc) is 2.46. The standard InChI is InChI=1S/C16H27N3/c1-3-17-15-8-6-9-16(13-15)19(2)12-10-14-7-4-5-11-18-14/h4-5,7,11,15-17H,3,6,8-10,12-13H2,1-2H3. The lowest BCUT2D eigenvalue weighted by molar-refractivity contribution is 0.171. The molecule has 0 spiro atoms. The van der Waals surface area contributed by atoms with Gasteiger partial charge in [0.2, 0.25) is 0 Å². The zero-order valence-electron chi connectivity index (χ0n) is 12.3. The highest BCUT2D eigenvalue weighted by Gasteiger charge is 2.23. The summed E-state index contributed by atoms with van der Waals surface area (Å²) in [4.78, 5) is 6.93. The van der Waals surface area contributed by atoms with Crippen LogP contribution in [-0.2, 0) is 6.42 Å². The van der Waals surface area contributed by atoms with Crippen LogP contribution in [0, 0.1) is 0 Å². The van der Waals surface area contributed by atoms with E-state index in [1.807, 2.05) is 12.3 Å². The number of aromatic nitrogens is 1. The van der Waals surface area contributed by atoms with Crippen LogP contribution in [0.5, 0.6) is 0 Å². The molecule has 1 fully saturated rings. The van der Waals surface area contributed by atoms with Gasteiger partial charge < -0.3 is 10.2 Å². The molecule has 1 heterocycles. The number of hydrogen-bond donors (Lipinski definition) is 1. The van der Waals surface area contributed by atoms with Gasteiger partial charge in [0, 0.05) is 36.9 Å². The Hall–Kier alpha value is -0.930. The minimum absolute atomic E-state index is 0.723. The van der Waals surface area contributed by atoms with Crippen LogP contribution in [0.2, 0.25) is 0 Å². The molecule has 2 atom stereocenters. The highest BCUT2D eigenvalue weighted by atomic mass is 15.1. The molecule has 3 heteroatoms. The number of likely N-dealkylation sites (N-methyl/N-ethyl adjacent to an activating group) is 1. The zero-order valence-corrected chi connectivity index (χ0v) is 12.3. The molecular weight excluding hydrogens is 234 g/mol. The lowest BCUT2D eigenvalue weighted by Gasteiger charge is -2.35. The first kappa shape index (κ1) is 14.5. The number of rotatable bonds is 6. The van der Waals surface area contributed by atoms with Crippen molar-refractivity contribution in [3.05, 3.63) is 30.1 Å². The number of nitrogens with zero attached hydrogens (tertiary/aromatic N) is 2. The van der Waals surface area contributed by atoms with E-state index in [0.717, 1.165) is 31.6 Å². The molecule has 2 rings (SSSR count). The van der Waals surface area contributed by atoms with Gasteiger partial charge in [0.05, 0.1) is 0 Å². The van der Waals surface area contributed by atoms with Crippen molar-refractivity contribution in [3.63, 3.8) is 0 Å². The average molecular weight is 261 g/mol. The SMILES string of the molecule is CCNC1CCCC(N(C)CCc2ccccn2)C1. The van der Waals surface area contributed by atoms with Gasteiger partial charge in [0.1, 0.15) is 0 Å². The molecule has 19 heavy (non-hydrogen) atoms. The molecule has 1 saturated carbocycles. The Morgan fingerprint density at radius 1 is 1.37 bits per heavy atom. The third-order valence-corrected chi connectivity index (χ3v) is 4.21. The molecular formula is C16H27N3. The maximum atomic E-state index is 4.40. The van der Waals surface area contributed by atoms with Crippen LogP contribution in [0.3, 0.4) is 0 Å². The van der Waals surface area contributed by atoms with Crippen LogP contribution in [-0.4, -0.2) is 42.1 Å². The van der Waals surface area contributed by atoms with Gasteiger partial charge in [0.25, 0.3) is 0 Å². The summed E-state index contributed by atoms with van der Waals surface area (Å²) in [5, 5.41) is 3.60. The first-order valence-electron chi connectivity index (χ1n) is 7.63. The quantitative estimate of drug-likeness (QED) is 0.852. The largest absolute Gasteiger partial charge is 0.314 e. The summed E-state index contributed by atoms with van der Waals surface area (Å²) >= 11 is 0. The summed E-state index contributed by atoms with van der Waals surface area (Å²) in [6.07, 6.45) is 8.29. The third kappa shape index (κ3) is 4.59. The lowest BCUT2D eigenvalue weighted by Crippen LogP contribution is -2.43. The molecule has 0 radical (unpaired) electrons. The van der Waals surface area contributed by atoms with Gasteiger partial charge in [-0.25, -0.2) is 0 Å². The second kappa shape index (κ2) is 7.61. The van der Waals surface area contributed by atoms with E-state index in [9.17, 15) is 0 Å². The van der Waals surface area contributed by atoms with Gasteiger partial charge in [-0.2, -0.15) is 0 Å². The summed E-state index contributed by atoms with van der Waals surface area (Å²) in [5.74, 6) is 0. The van der Waals surface area contributed by atoms with Crippen molar-refractivity contribution >= 4 is 0 Å². The van der Waals surface area contributed by atoms with Gasteiger partial charge in [-0.1, -0.05) is 19.4 Å². The molecule has 1 aromatic rings. The highest BCUT2D eigenvalue weighted by Crippen LogP contribution is 2.22. The maximum absolute atomic E-state index is 4.40. The van der Waals surface area contributed by atoms with Gasteiger partial charge in [-0.05, 0) is 45.0 Å². The second-order valence-electron chi connectivity index (χ2n) is 5.63. The molecule has 0 aliphatic heterocycles. The van der Waals surface area contributed by atoms with E-state index in [0.29, 0.717) is 0 Å². The van der Waals surface area contributed by atoms with Crippen molar-refractivity contribution in [2.24, 2.45) is 0 Å². The molecule has 0 amide bonds. The molecule has 0 saturated heterocycles. The zero-order chi connectivity index (χ0) is 13.5. The monoisotopic (exact) mass is 261 g/mol. The molecule has 1 N–H and O–H groups in total. The first-order valence-corrected chi connectivity index (χ1v) is 7.63. The number of hydrogen-bond acceptors (Lipinski definition) is 3. The van der Waals surface area contributed by atoms with Gasteiger partial charge in [0.15, 0.2) is 0 Å². The van der Waals surface area contributed by atoms with Crippen LogP contribution in [0.15, 0.2) is 24.4 Å². The minimum Gasteiger partial charge on any atom is -0.314 e. The topological polar surface area (TPSA) is 28.2 Å². The van der Waals surface area contributed by atoms with E-state index in [1.165, 1.54) is 31.4 Å². The fourth-order valence-corrected chi connectivity index (χ4v) is 3.06. The van der Waals surface area contributed by atoms with Crippen molar-refractivity contribution in [1.82, 2.24) is 15.2 Å². The van der Waals surface area contributed by atoms with Gasteiger partial charge >= 0.3 is 0 Å². The summed E-state index contributed by atoms with van der Waals surface area (Å²) in [6.45, 7) is 4.41. The Labute approximate surface area is 117 Å². The Morgan fingerprint density at radius 2 is 2.26 bits per heavy atom. The molecule has 3 nitrogen and oxygen atoms in total. The molecule has 0 bridgehead atoms. The predicted octanol–water partition coefficient (Wildman–Crippen LogP) is 2.48. The minimum atomic E-state index is 0.723. The van der Waals surface area contributed by atoms with E-state index in [2.05, 4.69) is 41.3 Å². The number of nitrogens with one attached hydrogen (secondary N) is 1. The second-order valence-corrected chi connectivity index (χ2v) is 5.63. The Bertz CT molecular complexity index is 350. The van der Waals surface area contributed by atoms with Gasteiger partial charge in [-0.3, -0.25) is 4.98 Å². The van der Waals surface area contributed by atoms with Crippen molar-refractivity contribution in [2.45, 2.75) is 51.1 Å². The summed E-state index contributed by atoms with van der Waals surface area (Å²) in [5.41, 5.74) is 1.20. The van der Waals surface area contributed by atoms with E-state index in [1.54, 1.807) is 0 Å². The fourth-order valence-electron chi connectivity index (χ4n) is 3.06. The molecule has 0 aromatic carbocycles. The van der Waals surface area contributed by atoms with E-state index < -0.39 is 0 Å². The molecule has 1 aliphatic carbocycles. The van der Waals surface area contributed by atoms with E-state index in [4.69, 9.17) is 0 Å². The van der Waals surface area contributed by atoms with Crippen molar-refractivity contribution in [2.75, 3.05) is 20.1 Å². The van der Waals surface area contributed by atoms with Crippen molar-refractivity contribution < 1.29 is 0 Å². The summed E-state index contributed by atoms with van der Waals surface area (Å²) in [6, 6.07) is 7.64. The summed E-state index contributed by atoms with van der Waals surface area (Å²) < 4.78 is 0. The molecule has 1 aliphatic rings. The van der Waals surface area contributed by atoms with Crippen molar-refractivity contribution in [3.8, 4) is 0 Å². The first-order chi connectivity index (χ1) is 9.29. The van der Waals surface area contributed by atoms with Gasteiger partial charge in [-0.15, -0.1) is 0 Å². The smallest absolute Gasteiger partial charge is 0.0416 e. The highest BCUT2D eigenvalue weighted by molar-refractivity contribution is 5.03. The molecule has 1 aromatic heterocycles. The Balaban J connectivity index is 1.77. The maximum Gasteiger partial charge on any atom is 0.0416 e. The van der Waals surface area contributed by atoms with Crippen molar-refractivity contribution in [1.29, 1.82) is 0 Å².